The zero-order valence-corrected chi connectivity index (χ0v) is 15.4. The Morgan fingerprint density at radius 1 is 1.23 bits per heavy atom. The summed E-state index contributed by atoms with van der Waals surface area (Å²) < 4.78 is 5.86. The highest BCUT2D eigenvalue weighted by Gasteiger charge is 2.39. The fourth-order valence-corrected chi connectivity index (χ4v) is 3.41. The number of para-hydroxylation sites is 1. The first-order valence-corrected chi connectivity index (χ1v) is 9.12. The van der Waals surface area contributed by atoms with Crippen LogP contribution in [0.2, 0.25) is 0 Å². The molecule has 0 spiro atoms. The molecular weight excluding hydrogens is 328 g/mol. The molecule has 3 atom stereocenters. The van der Waals surface area contributed by atoms with Gasteiger partial charge in [0.1, 0.15) is 23.3 Å². The Morgan fingerprint density at radius 3 is 2.77 bits per heavy atom. The molecule has 1 amide bonds. The smallest absolute Gasteiger partial charge is 0.246 e. The van der Waals surface area contributed by atoms with Crippen molar-refractivity contribution in [3.63, 3.8) is 0 Å². The number of hydrogen-bond donors (Lipinski definition) is 1. The second-order valence-corrected chi connectivity index (χ2v) is 7.28. The van der Waals surface area contributed by atoms with Gasteiger partial charge in [-0.1, -0.05) is 18.2 Å². The first-order valence-electron chi connectivity index (χ1n) is 9.12. The minimum atomic E-state index is -0.224. The van der Waals surface area contributed by atoms with E-state index in [9.17, 15) is 4.79 Å². The number of rotatable bonds is 5. The summed E-state index contributed by atoms with van der Waals surface area (Å²) in [5.74, 6) is 3.70. The van der Waals surface area contributed by atoms with Gasteiger partial charge in [0.2, 0.25) is 5.91 Å². The standard InChI is InChI=1S/C20H24N4O2/c1-12-18-19(24(3)13(2)20(25)23-18)22-17(21-12)10-14-9-15(14)11-26-16-7-5-4-6-8-16/h4-8,13-15H,9-11H2,1-3H3,(H,23,25)/t13-,14?,15?/m0/s1. The molecule has 2 aliphatic rings. The van der Waals surface area contributed by atoms with Crippen LogP contribution in [0.15, 0.2) is 30.3 Å². The van der Waals surface area contributed by atoms with Crippen molar-refractivity contribution in [2.75, 3.05) is 23.9 Å². The topological polar surface area (TPSA) is 67.4 Å². The van der Waals surface area contributed by atoms with Crippen LogP contribution >= 0.6 is 0 Å². The fourth-order valence-electron chi connectivity index (χ4n) is 3.41. The number of likely N-dealkylation sites (N-methyl/N-ethyl adjacent to an activating group) is 1. The summed E-state index contributed by atoms with van der Waals surface area (Å²) in [6, 6.07) is 9.71. The summed E-state index contributed by atoms with van der Waals surface area (Å²) in [5.41, 5.74) is 1.56. The van der Waals surface area contributed by atoms with Crippen molar-refractivity contribution in [1.82, 2.24) is 9.97 Å². The average molecular weight is 352 g/mol. The Morgan fingerprint density at radius 2 is 2.00 bits per heavy atom. The van der Waals surface area contributed by atoms with Gasteiger partial charge in [-0.15, -0.1) is 0 Å². The predicted molar refractivity (Wildman–Crippen MR) is 101 cm³/mol. The molecule has 1 saturated carbocycles. The summed E-state index contributed by atoms with van der Waals surface area (Å²) in [6.45, 7) is 4.55. The number of hydrogen-bond acceptors (Lipinski definition) is 5. The van der Waals surface area contributed by atoms with E-state index in [4.69, 9.17) is 9.72 Å². The largest absolute Gasteiger partial charge is 0.493 e. The summed E-state index contributed by atoms with van der Waals surface area (Å²) >= 11 is 0. The third-order valence-electron chi connectivity index (χ3n) is 5.38. The molecule has 2 heterocycles. The van der Waals surface area contributed by atoms with Crippen molar-refractivity contribution >= 4 is 17.4 Å². The number of benzene rings is 1. The molecule has 6 heteroatoms. The number of nitrogens with one attached hydrogen (secondary N) is 1. The van der Waals surface area contributed by atoms with E-state index in [-0.39, 0.29) is 11.9 Å². The molecule has 0 saturated heterocycles. The Labute approximate surface area is 153 Å². The zero-order valence-electron chi connectivity index (χ0n) is 15.4. The van der Waals surface area contributed by atoms with Crippen molar-refractivity contribution in [2.24, 2.45) is 11.8 Å². The lowest BCUT2D eigenvalue weighted by Gasteiger charge is -2.32. The van der Waals surface area contributed by atoms with Gasteiger partial charge in [-0.3, -0.25) is 4.79 Å². The van der Waals surface area contributed by atoms with Crippen molar-refractivity contribution in [1.29, 1.82) is 0 Å². The van der Waals surface area contributed by atoms with Crippen molar-refractivity contribution in [3.05, 3.63) is 41.9 Å². The first kappa shape index (κ1) is 16.8. The summed E-state index contributed by atoms with van der Waals surface area (Å²) in [7, 11) is 1.91. The van der Waals surface area contributed by atoms with E-state index in [1.807, 2.05) is 56.1 Å². The molecule has 1 fully saturated rings. The summed E-state index contributed by atoms with van der Waals surface area (Å²) in [4.78, 5) is 23.3. The normalized spacial score (nSPS) is 24.0. The summed E-state index contributed by atoms with van der Waals surface area (Å²) in [5, 5.41) is 2.93. The van der Waals surface area contributed by atoms with E-state index in [2.05, 4.69) is 10.3 Å². The van der Waals surface area contributed by atoms with Crippen LogP contribution in [0.3, 0.4) is 0 Å². The third-order valence-corrected chi connectivity index (χ3v) is 5.38. The van der Waals surface area contributed by atoms with E-state index in [1.165, 1.54) is 0 Å². The third kappa shape index (κ3) is 3.23. The van der Waals surface area contributed by atoms with E-state index in [1.54, 1.807) is 0 Å². The van der Waals surface area contributed by atoms with E-state index < -0.39 is 0 Å². The molecule has 1 N–H and O–H groups in total. The highest BCUT2D eigenvalue weighted by molar-refractivity contribution is 6.02. The number of carbonyl (C=O) groups excluding carboxylic acids is 1. The van der Waals surface area contributed by atoms with Crippen LogP contribution in [0.4, 0.5) is 11.5 Å². The molecular formula is C20H24N4O2. The number of anilines is 2. The lowest BCUT2D eigenvalue weighted by Crippen LogP contribution is -2.45. The van der Waals surface area contributed by atoms with E-state index in [0.29, 0.717) is 11.8 Å². The second kappa shape index (κ2) is 6.59. The molecule has 0 bridgehead atoms. The number of fused-ring (bicyclic) bond motifs is 1. The molecule has 4 rings (SSSR count). The second-order valence-electron chi connectivity index (χ2n) is 7.28. The first-order chi connectivity index (χ1) is 12.5. The molecule has 1 aliphatic carbocycles. The minimum Gasteiger partial charge on any atom is -0.493 e. The number of carbonyl (C=O) groups is 1. The summed E-state index contributed by atoms with van der Waals surface area (Å²) in [6.07, 6.45) is 2.00. The van der Waals surface area contributed by atoms with Crippen LogP contribution in [-0.4, -0.2) is 35.6 Å². The number of nitrogens with zero attached hydrogens (tertiary/aromatic N) is 3. The van der Waals surface area contributed by atoms with Gasteiger partial charge >= 0.3 is 0 Å². The van der Waals surface area contributed by atoms with Gasteiger partial charge in [-0.25, -0.2) is 9.97 Å². The predicted octanol–water partition coefficient (Wildman–Crippen LogP) is 2.82. The average Bonchev–Trinajstić information content (AvgIpc) is 3.38. The highest BCUT2D eigenvalue weighted by Crippen LogP contribution is 2.41. The minimum absolute atomic E-state index is 0.0141. The number of ether oxygens (including phenoxy) is 1. The Bertz CT molecular complexity index is 824. The molecule has 6 nitrogen and oxygen atoms in total. The number of amides is 1. The van der Waals surface area contributed by atoms with E-state index >= 15 is 0 Å². The van der Waals surface area contributed by atoms with Crippen LogP contribution in [0.25, 0.3) is 0 Å². The molecule has 26 heavy (non-hydrogen) atoms. The van der Waals surface area contributed by atoms with Gasteiger partial charge in [0.15, 0.2) is 5.82 Å². The van der Waals surface area contributed by atoms with Crippen molar-refractivity contribution in [3.8, 4) is 5.75 Å². The van der Waals surface area contributed by atoms with Crippen molar-refractivity contribution in [2.45, 2.75) is 32.7 Å². The van der Waals surface area contributed by atoms with Crippen molar-refractivity contribution < 1.29 is 9.53 Å². The molecule has 1 aliphatic heterocycles. The maximum Gasteiger partial charge on any atom is 0.246 e. The van der Waals surface area contributed by atoms with Gasteiger partial charge in [0.25, 0.3) is 0 Å². The SMILES string of the molecule is Cc1nc(CC2CC2COc2ccccc2)nc2c1NC(=O)[C@H](C)N2C. The van der Waals surface area contributed by atoms with Gasteiger partial charge < -0.3 is 15.0 Å². The molecule has 1 aromatic carbocycles. The maximum atomic E-state index is 12.0. The highest BCUT2D eigenvalue weighted by atomic mass is 16.5. The van der Waals surface area contributed by atoms with Crippen LogP contribution in [0.1, 0.15) is 24.9 Å². The molecule has 1 aromatic heterocycles. The van der Waals surface area contributed by atoms with Crippen LogP contribution < -0.4 is 15.0 Å². The zero-order chi connectivity index (χ0) is 18.3. The maximum absolute atomic E-state index is 12.0. The lowest BCUT2D eigenvalue weighted by atomic mass is 10.1. The van der Waals surface area contributed by atoms with E-state index in [0.717, 1.165) is 48.2 Å². The van der Waals surface area contributed by atoms with Crippen LogP contribution in [-0.2, 0) is 11.2 Å². The number of aromatic nitrogens is 2. The van der Waals surface area contributed by atoms with Gasteiger partial charge in [0, 0.05) is 13.5 Å². The molecule has 2 unspecified atom stereocenters. The fraction of sp³-hybridized carbons (Fsp3) is 0.450. The Kier molecular flexibility index (Phi) is 4.26. The van der Waals surface area contributed by atoms with Gasteiger partial charge in [-0.2, -0.15) is 0 Å². The Balaban J connectivity index is 1.41. The van der Waals surface area contributed by atoms with Gasteiger partial charge in [0.05, 0.1) is 12.3 Å². The molecule has 136 valence electrons. The Hall–Kier alpha value is -2.63. The van der Waals surface area contributed by atoms with Crippen LogP contribution in [0.5, 0.6) is 5.75 Å². The van der Waals surface area contributed by atoms with Gasteiger partial charge in [-0.05, 0) is 44.2 Å². The van der Waals surface area contributed by atoms with Crippen LogP contribution in [0, 0.1) is 18.8 Å². The lowest BCUT2D eigenvalue weighted by molar-refractivity contribution is -0.117. The molecule has 2 aromatic rings. The number of aryl methyl sites for hydroxylation is 1. The quantitative estimate of drug-likeness (QED) is 0.896. The molecule has 0 radical (unpaired) electrons. The monoisotopic (exact) mass is 352 g/mol.